The Morgan fingerprint density at radius 3 is 2.50 bits per heavy atom. The van der Waals surface area contributed by atoms with Crippen LogP contribution in [-0.2, 0) is 16.6 Å². The van der Waals surface area contributed by atoms with Gasteiger partial charge in [-0.3, -0.25) is 0 Å². The first-order chi connectivity index (χ1) is 8.27. The highest BCUT2D eigenvalue weighted by Gasteiger charge is 2.21. The van der Waals surface area contributed by atoms with Gasteiger partial charge in [-0.2, -0.15) is 0 Å². The smallest absolute Gasteiger partial charge is 0.251 e. The molecule has 0 aliphatic heterocycles. The molecular formula is C10H12F3NO3S. The molecule has 18 heavy (non-hydrogen) atoms. The van der Waals surface area contributed by atoms with E-state index >= 15 is 0 Å². The highest BCUT2D eigenvalue weighted by molar-refractivity contribution is 7.89. The SMILES string of the molecule is Cc1c(F)cc(CO)cc1S(=O)(=O)NCC(F)F. The van der Waals surface area contributed by atoms with Crippen molar-refractivity contribution in [2.75, 3.05) is 6.54 Å². The van der Waals surface area contributed by atoms with Gasteiger partial charge in [-0.15, -0.1) is 0 Å². The van der Waals surface area contributed by atoms with Crippen molar-refractivity contribution in [1.82, 2.24) is 4.72 Å². The van der Waals surface area contributed by atoms with Crippen molar-refractivity contribution in [3.8, 4) is 0 Å². The molecule has 102 valence electrons. The molecule has 0 spiro atoms. The summed E-state index contributed by atoms with van der Waals surface area (Å²) in [6, 6.07) is 2.04. The lowest BCUT2D eigenvalue weighted by atomic mass is 10.1. The zero-order valence-electron chi connectivity index (χ0n) is 9.45. The fraction of sp³-hybridized carbons (Fsp3) is 0.400. The number of hydrogen-bond donors (Lipinski definition) is 2. The maximum Gasteiger partial charge on any atom is 0.251 e. The lowest BCUT2D eigenvalue weighted by molar-refractivity contribution is 0.153. The van der Waals surface area contributed by atoms with Gasteiger partial charge in [0.05, 0.1) is 18.0 Å². The van der Waals surface area contributed by atoms with Crippen LogP contribution in [0.3, 0.4) is 0 Å². The van der Waals surface area contributed by atoms with Crippen LogP contribution in [0, 0.1) is 12.7 Å². The second kappa shape index (κ2) is 5.68. The Labute approximate surface area is 102 Å². The van der Waals surface area contributed by atoms with E-state index in [1.807, 2.05) is 0 Å². The number of benzene rings is 1. The monoisotopic (exact) mass is 283 g/mol. The lowest BCUT2D eigenvalue weighted by Crippen LogP contribution is -2.29. The second-order valence-corrected chi connectivity index (χ2v) is 5.34. The molecule has 0 atom stereocenters. The van der Waals surface area contributed by atoms with Crippen LogP contribution in [0.2, 0.25) is 0 Å². The maximum absolute atomic E-state index is 13.4. The minimum atomic E-state index is -4.22. The van der Waals surface area contributed by atoms with Crippen LogP contribution >= 0.6 is 0 Å². The van der Waals surface area contributed by atoms with E-state index in [2.05, 4.69) is 0 Å². The number of aliphatic hydroxyl groups excluding tert-OH is 1. The van der Waals surface area contributed by atoms with E-state index in [1.54, 1.807) is 4.72 Å². The summed E-state index contributed by atoms with van der Waals surface area (Å²) in [5, 5.41) is 8.86. The van der Waals surface area contributed by atoms with E-state index < -0.39 is 40.3 Å². The summed E-state index contributed by atoms with van der Waals surface area (Å²) in [5.74, 6) is -0.820. The third kappa shape index (κ3) is 3.44. The zero-order chi connectivity index (χ0) is 13.9. The number of alkyl halides is 2. The molecule has 0 heterocycles. The molecular weight excluding hydrogens is 271 g/mol. The molecule has 0 unspecified atom stereocenters. The van der Waals surface area contributed by atoms with Crippen LogP contribution in [0.25, 0.3) is 0 Å². The fourth-order valence-corrected chi connectivity index (χ4v) is 2.64. The molecule has 0 bridgehead atoms. The van der Waals surface area contributed by atoms with Gasteiger partial charge in [-0.05, 0) is 24.6 Å². The second-order valence-electron chi connectivity index (χ2n) is 3.60. The number of aliphatic hydroxyl groups is 1. The van der Waals surface area contributed by atoms with Gasteiger partial charge < -0.3 is 5.11 Å². The Hall–Kier alpha value is -1.12. The van der Waals surface area contributed by atoms with Gasteiger partial charge >= 0.3 is 0 Å². The molecule has 2 N–H and O–H groups in total. The van der Waals surface area contributed by atoms with Crippen LogP contribution in [-0.4, -0.2) is 26.5 Å². The number of hydrogen-bond acceptors (Lipinski definition) is 3. The Kier molecular flexibility index (Phi) is 4.71. The molecule has 0 saturated carbocycles. The molecule has 4 nitrogen and oxygen atoms in total. The van der Waals surface area contributed by atoms with Crippen molar-refractivity contribution in [3.05, 3.63) is 29.1 Å². The van der Waals surface area contributed by atoms with Crippen molar-refractivity contribution in [2.24, 2.45) is 0 Å². The fourth-order valence-electron chi connectivity index (χ4n) is 1.33. The van der Waals surface area contributed by atoms with Gasteiger partial charge in [-0.1, -0.05) is 0 Å². The Morgan fingerprint density at radius 2 is 2.00 bits per heavy atom. The number of sulfonamides is 1. The van der Waals surface area contributed by atoms with E-state index in [9.17, 15) is 21.6 Å². The summed E-state index contributed by atoms with van der Waals surface area (Å²) in [5.41, 5.74) is -0.135. The van der Waals surface area contributed by atoms with Crippen LogP contribution in [0.15, 0.2) is 17.0 Å². The van der Waals surface area contributed by atoms with Gasteiger partial charge in [0.15, 0.2) is 0 Å². The summed E-state index contributed by atoms with van der Waals surface area (Å²) >= 11 is 0. The maximum atomic E-state index is 13.4. The first-order valence-electron chi connectivity index (χ1n) is 4.95. The summed E-state index contributed by atoms with van der Waals surface area (Å²) in [6.45, 7) is -0.380. The Balaban J connectivity index is 3.19. The average Bonchev–Trinajstić information content (AvgIpc) is 2.29. The van der Waals surface area contributed by atoms with Gasteiger partial charge in [0, 0.05) is 5.56 Å². The molecule has 0 fully saturated rings. The average molecular weight is 283 g/mol. The van der Waals surface area contributed by atoms with Crippen LogP contribution in [0.4, 0.5) is 13.2 Å². The highest BCUT2D eigenvalue weighted by atomic mass is 32.2. The largest absolute Gasteiger partial charge is 0.392 e. The molecule has 1 rings (SSSR count). The van der Waals surface area contributed by atoms with Gasteiger partial charge in [-0.25, -0.2) is 26.3 Å². The summed E-state index contributed by atoms with van der Waals surface area (Å²) in [6.07, 6.45) is -2.84. The van der Waals surface area contributed by atoms with E-state index in [1.165, 1.54) is 6.92 Å². The van der Waals surface area contributed by atoms with Gasteiger partial charge in [0.25, 0.3) is 6.43 Å². The van der Waals surface area contributed by atoms with Crippen molar-refractivity contribution in [1.29, 1.82) is 0 Å². The molecule has 0 saturated heterocycles. The molecule has 0 radical (unpaired) electrons. The van der Waals surface area contributed by atoms with Gasteiger partial charge in [0.2, 0.25) is 10.0 Å². The quantitative estimate of drug-likeness (QED) is 0.852. The van der Waals surface area contributed by atoms with Crippen molar-refractivity contribution < 1.29 is 26.7 Å². The third-order valence-electron chi connectivity index (χ3n) is 2.26. The summed E-state index contributed by atoms with van der Waals surface area (Å²) < 4.78 is 62.4. The molecule has 8 heteroatoms. The molecule has 0 aliphatic rings. The first-order valence-corrected chi connectivity index (χ1v) is 6.44. The molecule has 0 aromatic heterocycles. The van der Waals surface area contributed by atoms with Gasteiger partial charge in [0.1, 0.15) is 5.82 Å². The van der Waals surface area contributed by atoms with Crippen LogP contribution < -0.4 is 4.72 Å². The minimum Gasteiger partial charge on any atom is -0.392 e. The highest BCUT2D eigenvalue weighted by Crippen LogP contribution is 2.20. The van der Waals surface area contributed by atoms with Crippen LogP contribution in [0.1, 0.15) is 11.1 Å². The van der Waals surface area contributed by atoms with Crippen LogP contribution in [0.5, 0.6) is 0 Å². The molecule has 0 aliphatic carbocycles. The topological polar surface area (TPSA) is 66.4 Å². The third-order valence-corrected chi connectivity index (χ3v) is 3.81. The zero-order valence-corrected chi connectivity index (χ0v) is 10.3. The standard InChI is InChI=1S/C10H12F3NO3S/c1-6-8(11)2-7(5-15)3-9(6)18(16,17)14-4-10(12)13/h2-3,10,14-15H,4-5H2,1H3. The molecule has 1 aromatic rings. The number of halogens is 3. The molecule has 0 amide bonds. The summed E-state index contributed by atoms with van der Waals surface area (Å²) in [4.78, 5) is -0.452. The Morgan fingerprint density at radius 1 is 1.39 bits per heavy atom. The van der Waals surface area contributed by atoms with E-state index in [0.717, 1.165) is 12.1 Å². The van der Waals surface area contributed by atoms with E-state index in [0.29, 0.717) is 0 Å². The number of rotatable bonds is 5. The predicted molar refractivity (Wildman–Crippen MR) is 58.3 cm³/mol. The Bertz CT molecular complexity index is 531. The molecule has 1 aromatic carbocycles. The normalized spacial score (nSPS) is 12.1. The predicted octanol–water partition coefficient (Wildman–Crippen LogP) is 1.17. The lowest BCUT2D eigenvalue weighted by Gasteiger charge is -2.11. The first kappa shape index (κ1) is 14.9. The number of nitrogens with one attached hydrogen (secondary N) is 1. The summed E-state index contributed by atoms with van der Waals surface area (Å²) in [7, 11) is -4.22. The van der Waals surface area contributed by atoms with Crippen molar-refractivity contribution >= 4 is 10.0 Å². The van der Waals surface area contributed by atoms with E-state index in [4.69, 9.17) is 5.11 Å². The van der Waals surface area contributed by atoms with Crippen molar-refractivity contribution in [2.45, 2.75) is 24.9 Å². The van der Waals surface area contributed by atoms with Crippen molar-refractivity contribution in [3.63, 3.8) is 0 Å². The minimum absolute atomic E-state index is 0.0514. The van der Waals surface area contributed by atoms with E-state index in [-0.39, 0.29) is 11.1 Å².